The van der Waals surface area contributed by atoms with E-state index in [-0.39, 0.29) is 37.8 Å². The van der Waals surface area contributed by atoms with Crippen molar-refractivity contribution in [1.82, 2.24) is 14.9 Å². The zero-order valence-corrected chi connectivity index (χ0v) is 33.8. The largest absolute Gasteiger partial charge is 0.457 e. The third-order valence-corrected chi connectivity index (χ3v) is 9.60. The molecule has 0 bridgehead atoms. The van der Waals surface area contributed by atoms with Gasteiger partial charge in [-0.15, -0.1) is 5.11 Å². The number of anilines is 1. The van der Waals surface area contributed by atoms with Crippen molar-refractivity contribution in [3.8, 4) is 0 Å². The number of aromatic nitrogens is 2. The summed E-state index contributed by atoms with van der Waals surface area (Å²) in [7, 11) is 1.49. The van der Waals surface area contributed by atoms with Crippen molar-refractivity contribution >= 4 is 51.1 Å². The molecule has 0 spiro atoms. The van der Waals surface area contributed by atoms with Gasteiger partial charge in [0.2, 0.25) is 5.91 Å². The molecule has 59 heavy (non-hydrogen) atoms. The number of nitrogens with one attached hydrogen (secondary N) is 1. The topological polar surface area (TPSA) is 211 Å². The van der Waals surface area contributed by atoms with Crippen LogP contribution < -0.4 is 15.9 Å². The second-order valence-electron chi connectivity index (χ2n) is 13.6. The zero-order chi connectivity index (χ0) is 42.3. The number of esters is 1. The first kappa shape index (κ1) is 44.0. The summed E-state index contributed by atoms with van der Waals surface area (Å²) in [6.45, 7) is 9.15. The minimum Gasteiger partial charge on any atom is -0.457 e. The fourth-order valence-corrected chi connectivity index (χ4v) is 6.41. The van der Waals surface area contributed by atoms with Gasteiger partial charge in [0.1, 0.15) is 19.5 Å². The molecule has 1 aliphatic rings. The SMILES string of the molecule is CC[C@H]1O[C@@H](n2ccc(C)nc2=O)[C@@H](OCOCC/C(C)=N/OCCN(CC)c2ccc(N=Nc3ccc([N+](=O)[O-])c4ccccc34)cc2)C1OC(=O)CCC(=O)NC. The lowest BCUT2D eigenvalue weighted by Crippen LogP contribution is -2.40. The van der Waals surface area contributed by atoms with E-state index >= 15 is 0 Å². The lowest BCUT2D eigenvalue weighted by atomic mass is 10.1. The molecule has 1 fully saturated rings. The molecule has 0 saturated carbocycles. The molecule has 2 heterocycles. The Labute approximate surface area is 341 Å². The minimum atomic E-state index is -0.931. The maximum atomic E-state index is 12.8. The highest BCUT2D eigenvalue weighted by Crippen LogP contribution is 2.36. The van der Waals surface area contributed by atoms with Crippen LogP contribution in [0.1, 0.15) is 58.4 Å². The number of oxime groups is 1. The van der Waals surface area contributed by atoms with Gasteiger partial charge in [-0.2, -0.15) is 10.1 Å². The van der Waals surface area contributed by atoms with Crippen LogP contribution >= 0.6 is 0 Å². The van der Waals surface area contributed by atoms with Gasteiger partial charge in [-0.25, -0.2) is 4.79 Å². The second-order valence-corrected chi connectivity index (χ2v) is 13.6. The predicted molar refractivity (Wildman–Crippen MR) is 219 cm³/mol. The van der Waals surface area contributed by atoms with Crippen molar-refractivity contribution in [1.29, 1.82) is 0 Å². The number of rotatable bonds is 21. The first-order valence-corrected chi connectivity index (χ1v) is 19.4. The Hall–Kier alpha value is -6.11. The Balaban J connectivity index is 1.09. The van der Waals surface area contributed by atoms with Crippen LogP contribution in [0, 0.1) is 17.0 Å². The van der Waals surface area contributed by atoms with Crippen molar-refractivity contribution in [3.63, 3.8) is 0 Å². The number of benzene rings is 3. The van der Waals surface area contributed by atoms with E-state index in [4.69, 9.17) is 23.8 Å². The molecule has 1 N–H and O–H groups in total. The number of non-ortho nitro benzene ring substituents is 1. The molecule has 18 heteroatoms. The van der Waals surface area contributed by atoms with Crippen LogP contribution in [0.2, 0.25) is 0 Å². The molecule has 0 radical (unpaired) electrons. The van der Waals surface area contributed by atoms with E-state index in [1.54, 1.807) is 43.5 Å². The summed E-state index contributed by atoms with van der Waals surface area (Å²) in [6.07, 6.45) is -0.942. The summed E-state index contributed by atoms with van der Waals surface area (Å²) in [5.41, 5.74) is 2.87. The molecule has 1 aromatic heterocycles. The van der Waals surface area contributed by atoms with Crippen molar-refractivity contribution in [2.45, 2.75) is 77.9 Å². The molecule has 18 nitrogen and oxygen atoms in total. The third-order valence-electron chi connectivity index (χ3n) is 9.60. The number of nitrogens with zero attached hydrogens (tertiary/aromatic N) is 7. The Kier molecular flexibility index (Phi) is 16.1. The number of hydrogen-bond acceptors (Lipinski definition) is 15. The number of carbonyl (C=O) groups excluding carboxylic acids is 2. The van der Waals surface area contributed by atoms with Gasteiger partial charge in [-0.1, -0.05) is 30.3 Å². The van der Waals surface area contributed by atoms with Crippen molar-refractivity contribution in [2.24, 2.45) is 15.4 Å². The Bertz CT molecular complexity index is 2180. The normalized spacial score (nSPS) is 17.9. The molecular formula is C41H50N8O10. The molecule has 1 aliphatic heterocycles. The summed E-state index contributed by atoms with van der Waals surface area (Å²) in [4.78, 5) is 60.0. The summed E-state index contributed by atoms with van der Waals surface area (Å²) < 4.78 is 25.1. The lowest BCUT2D eigenvalue weighted by Gasteiger charge is -2.25. The number of carbonyl (C=O) groups is 2. The van der Waals surface area contributed by atoms with Gasteiger partial charge in [0.15, 0.2) is 12.3 Å². The van der Waals surface area contributed by atoms with Crippen molar-refractivity contribution < 1.29 is 38.3 Å². The zero-order valence-electron chi connectivity index (χ0n) is 33.8. The van der Waals surface area contributed by atoms with E-state index < -0.39 is 41.1 Å². The molecule has 4 aromatic rings. The third kappa shape index (κ3) is 12.0. The van der Waals surface area contributed by atoms with E-state index in [2.05, 4.69) is 30.6 Å². The summed E-state index contributed by atoms with van der Waals surface area (Å²) in [6, 6.07) is 19.3. The average Bonchev–Trinajstić information content (AvgIpc) is 3.57. The Morgan fingerprint density at radius 1 is 0.983 bits per heavy atom. The molecule has 0 aliphatic carbocycles. The fourth-order valence-electron chi connectivity index (χ4n) is 6.41. The number of aryl methyl sites for hydroxylation is 1. The molecule has 5 rings (SSSR count). The van der Waals surface area contributed by atoms with Crippen LogP contribution in [0.5, 0.6) is 0 Å². The van der Waals surface area contributed by atoms with E-state index in [0.717, 1.165) is 12.2 Å². The second kappa shape index (κ2) is 21.6. The number of likely N-dealkylation sites (N-methyl/N-ethyl adjacent to an activating group) is 1. The molecule has 1 saturated heterocycles. The standard InChI is InChI=1S/C41H50N8O10/c1-6-35-38(59-37(51)19-18-36(50)42-5)39(40(58-35)48-22-20-27(3)43-41(48)52)56-26-55-24-21-28(4)46-57-25-23-47(7-2)30-14-12-29(13-15-30)44-45-33-16-17-34(49(53)54)32-11-9-8-10-31(32)33/h8-17,20,22,35,38-40H,6-7,18-19,21,23-26H2,1-5H3,(H,42,50)/b45-44?,46-28+/t35-,38?,39+,40-/m1/s1. The number of fused-ring (bicyclic) bond motifs is 1. The van der Waals surface area contributed by atoms with Gasteiger partial charge >= 0.3 is 11.7 Å². The van der Waals surface area contributed by atoms with E-state index in [0.29, 0.717) is 59.5 Å². The van der Waals surface area contributed by atoms with E-state index in [9.17, 15) is 24.5 Å². The number of hydrogen-bond donors (Lipinski definition) is 1. The van der Waals surface area contributed by atoms with Gasteiger partial charge < -0.3 is 34.0 Å². The number of ether oxygens (including phenoxy) is 4. The van der Waals surface area contributed by atoms with Gasteiger partial charge in [0.25, 0.3) is 5.69 Å². The molecule has 4 atom stereocenters. The molecular weight excluding hydrogens is 764 g/mol. The van der Waals surface area contributed by atoms with Crippen molar-refractivity contribution in [2.75, 3.05) is 45.0 Å². The van der Waals surface area contributed by atoms with Gasteiger partial charge in [0, 0.05) is 55.5 Å². The highest BCUT2D eigenvalue weighted by molar-refractivity contribution is 5.98. The maximum Gasteiger partial charge on any atom is 0.349 e. The number of nitro benzene ring substituents is 1. The number of amides is 1. The molecule has 1 unspecified atom stereocenters. The Morgan fingerprint density at radius 2 is 1.75 bits per heavy atom. The smallest absolute Gasteiger partial charge is 0.349 e. The van der Waals surface area contributed by atoms with Crippen LogP contribution in [0.15, 0.2) is 93.1 Å². The summed E-state index contributed by atoms with van der Waals surface area (Å²) >= 11 is 0. The first-order valence-electron chi connectivity index (χ1n) is 19.4. The number of azo groups is 1. The molecule has 1 amide bonds. The van der Waals surface area contributed by atoms with Gasteiger partial charge in [-0.05, 0) is 69.7 Å². The van der Waals surface area contributed by atoms with E-state index in [1.165, 1.54) is 17.7 Å². The highest BCUT2D eigenvalue weighted by Gasteiger charge is 2.48. The van der Waals surface area contributed by atoms with Crippen LogP contribution in [-0.2, 0) is 33.4 Å². The lowest BCUT2D eigenvalue weighted by molar-refractivity contribution is -0.383. The quantitative estimate of drug-likeness (QED) is 0.0183. The highest BCUT2D eigenvalue weighted by atomic mass is 16.7. The molecule has 3 aromatic carbocycles. The van der Waals surface area contributed by atoms with Crippen molar-refractivity contribution in [3.05, 3.63) is 99.2 Å². The summed E-state index contributed by atoms with van der Waals surface area (Å²) in [5.74, 6) is -0.881. The maximum absolute atomic E-state index is 12.8. The number of nitro groups is 1. The first-order chi connectivity index (χ1) is 28.5. The van der Waals surface area contributed by atoms with Crippen LogP contribution in [-0.4, -0.2) is 90.5 Å². The monoisotopic (exact) mass is 814 g/mol. The fraction of sp³-hybridized carbons (Fsp3) is 0.439. The predicted octanol–water partition coefficient (Wildman–Crippen LogP) is 6.44. The van der Waals surface area contributed by atoms with Gasteiger partial charge in [-0.3, -0.25) is 24.3 Å². The van der Waals surface area contributed by atoms with E-state index in [1.807, 2.05) is 51.1 Å². The average molecular weight is 815 g/mol. The van der Waals surface area contributed by atoms with Crippen LogP contribution in [0.25, 0.3) is 10.8 Å². The minimum absolute atomic E-state index is 0.0201. The summed E-state index contributed by atoms with van der Waals surface area (Å²) in [5, 5.41) is 28.0. The van der Waals surface area contributed by atoms with Crippen LogP contribution in [0.4, 0.5) is 22.7 Å². The van der Waals surface area contributed by atoms with Gasteiger partial charge in [0.05, 0.1) is 53.1 Å². The van der Waals surface area contributed by atoms with Crippen LogP contribution in [0.3, 0.4) is 0 Å². The Morgan fingerprint density at radius 3 is 2.44 bits per heavy atom. The molecule has 314 valence electrons.